The lowest BCUT2D eigenvalue weighted by Crippen LogP contribution is -2.46. The van der Waals surface area contributed by atoms with Gasteiger partial charge in [0.1, 0.15) is 5.65 Å². The van der Waals surface area contributed by atoms with Gasteiger partial charge >= 0.3 is 0 Å². The maximum Gasteiger partial charge on any atom is 0.261 e. The lowest BCUT2D eigenvalue weighted by atomic mass is 9.97. The molecule has 1 unspecified atom stereocenters. The second-order valence-corrected chi connectivity index (χ2v) is 12.3. The first-order valence-electron chi connectivity index (χ1n) is 14.0. The molecule has 2 aliphatic rings. The van der Waals surface area contributed by atoms with E-state index in [4.69, 9.17) is 9.94 Å². The topological polar surface area (TPSA) is 84.4 Å². The molecule has 216 valence electrons. The van der Waals surface area contributed by atoms with E-state index in [1.54, 1.807) is 16.7 Å². The van der Waals surface area contributed by atoms with Crippen molar-refractivity contribution in [2.45, 2.75) is 53.1 Å². The highest BCUT2D eigenvalue weighted by Crippen LogP contribution is 2.28. The number of aliphatic imine (C=N–C) groups is 1. The Morgan fingerprint density at radius 2 is 1.93 bits per heavy atom. The maximum absolute atomic E-state index is 14.3. The summed E-state index contributed by atoms with van der Waals surface area (Å²) in [5, 5.41) is 6.36. The van der Waals surface area contributed by atoms with E-state index >= 15 is 0 Å². The molecular weight excluding hydrogens is 596 g/mol. The Bertz CT molecular complexity index is 1840. The molecule has 0 bridgehead atoms. The number of aromatic nitrogens is 3. The van der Waals surface area contributed by atoms with Crippen molar-refractivity contribution in [3.8, 4) is 5.69 Å². The summed E-state index contributed by atoms with van der Waals surface area (Å²) in [6, 6.07) is 13.2. The van der Waals surface area contributed by atoms with Crippen molar-refractivity contribution in [1.29, 1.82) is 0 Å². The highest BCUT2D eigenvalue weighted by molar-refractivity contribution is 9.10. The van der Waals surface area contributed by atoms with Crippen LogP contribution in [-0.2, 0) is 24.2 Å². The highest BCUT2D eigenvalue weighted by atomic mass is 79.9. The van der Waals surface area contributed by atoms with Crippen molar-refractivity contribution in [2.75, 3.05) is 7.05 Å². The normalized spacial score (nSPS) is 16.7. The van der Waals surface area contributed by atoms with Crippen LogP contribution in [0, 0.1) is 12.8 Å². The largest absolute Gasteiger partial charge is 0.358 e. The van der Waals surface area contributed by atoms with Crippen LogP contribution in [0.1, 0.15) is 59.1 Å². The van der Waals surface area contributed by atoms with Gasteiger partial charge in [0.2, 0.25) is 5.88 Å². The first-order chi connectivity index (χ1) is 20.0. The zero-order chi connectivity index (χ0) is 29.9. The predicted molar refractivity (Wildman–Crippen MR) is 166 cm³/mol. The molecule has 2 aromatic carbocycles. The number of hydroxylamine groups is 2. The van der Waals surface area contributed by atoms with Crippen LogP contribution in [0.25, 0.3) is 11.3 Å². The maximum atomic E-state index is 14.3. The molecule has 0 aliphatic carbocycles. The van der Waals surface area contributed by atoms with E-state index in [-0.39, 0.29) is 17.5 Å². The van der Waals surface area contributed by atoms with E-state index in [0.717, 1.165) is 44.6 Å². The highest BCUT2D eigenvalue weighted by Gasteiger charge is 2.33. The molecule has 2 aliphatic heterocycles. The van der Waals surface area contributed by atoms with E-state index in [9.17, 15) is 9.59 Å². The van der Waals surface area contributed by atoms with Crippen LogP contribution in [0.15, 0.2) is 75.4 Å². The first-order valence-corrected chi connectivity index (χ1v) is 14.8. The number of nitrogens with zero attached hydrogens (tertiary/aromatic N) is 6. The average molecular weight is 630 g/mol. The molecule has 1 atom stereocenters. The van der Waals surface area contributed by atoms with Crippen molar-refractivity contribution >= 4 is 33.3 Å². The third kappa shape index (κ3) is 4.73. The Morgan fingerprint density at radius 3 is 2.57 bits per heavy atom. The van der Waals surface area contributed by atoms with Crippen molar-refractivity contribution in [1.82, 2.24) is 24.1 Å². The summed E-state index contributed by atoms with van der Waals surface area (Å²) >= 11 is 3.52. The van der Waals surface area contributed by atoms with Crippen LogP contribution < -0.4 is 5.56 Å². The van der Waals surface area contributed by atoms with Gasteiger partial charge < -0.3 is 9.74 Å². The third-order valence-electron chi connectivity index (χ3n) is 7.89. The molecule has 10 heteroatoms. The van der Waals surface area contributed by atoms with Crippen LogP contribution >= 0.6 is 15.9 Å². The second kappa shape index (κ2) is 10.6. The van der Waals surface area contributed by atoms with Gasteiger partial charge in [0.15, 0.2) is 5.84 Å². The average Bonchev–Trinajstić information content (AvgIpc) is 3.51. The van der Waals surface area contributed by atoms with E-state index in [0.29, 0.717) is 41.7 Å². The molecule has 4 heterocycles. The molecule has 4 aromatic rings. The third-order valence-corrected chi connectivity index (χ3v) is 8.78. The molecule has 9 nitrogen and oxygen atoms in total. The van der Waals surface area contributed by atoms with Crippen LogP contribution in [0.4, 0.5) is 0 Å². The minimum absolute atomic E-state index is 0.0577. The molecule has 0 radical (unpaired) electrons. The van der Waals surface area contributed by atoms with E-state index < -0.39 is 0 Å². The van der Waals surface area contributed by atoms with Gasteiger partial charge in [-0.05, 0) is 87.2 Å². The number of hydrogen-bond acceptors (Lipinski definition) is 6. The van der Waals surface area contributed by atoms with Gasteiger partial charge in [0, 0.05) is 39.8 Å². The van der Waals surface area contributed by atoms with Crippen LogP contribution in [-0.4, -0.2) is 49.0 Å². The number of halogens is 1. The summed E-state index contributed by atoms with van der Waals surface area (Å²) in [5.74, 6) is 1.29. The lowest BCUT2D eigenvalue weighted by Gasteiger charge is -2.35. The van der Waals surface area contributed by atoms with Gasteiger partial charge in [-0.25, -0.2) is 4.52 Å². The number of carbonyl (C=O) groups is 1. The molecule has 0 saturated carbocycles. The summed E-state index contributed by atoms with van der Waals surface area (Å²) in [4.78, 5) is 39.7. The molecule has 1 amide bonds. The summed E-state index contributed by atoms with van der Waals surface area (Å²) < 4.78 is 4.60. The summed E-state index contributed by atoms with van der Waals surface area (Å²) in [7, 11) is 1.78. The molecular formula is C32H33BrN6O3. The summed E-state index contributed by atoms with van der Waals surface area (Å²) in [6.45, 7) is 12.3. The molecule has 2 aromatic heterocycles. The number of benzene rings is 2. The molecule has 0 saturated heterocycles. The Kier molecular flexibility index (Phi) is 7.04. The van der Waals surface area contributed by atoms with Crippen molar-refractivity contribution in [2.24, 2.45) is 10.9 Å². The number of fused-ring (bicyclic) bond motifs is 3. The van der Waals surface area contributed by atoms with Gasteiger partial charge in [0.25, 0.3) is 11.5 Å². The minimum Gasteiger partial charge on any atom is -0.358 e. The predicted octanol–water partition coefficient (Wildman–Crippen LogP) is 5.44. The van der Waals surface area contributed by atoms with Gasteiger partial charge in [-0.3, -0.25) is 14.2 Å². The fourth-order valence-electron chi connectivity index (χ4n) is 5.84. The first kappa shape index (κ1) is 28.0. The van der Waals surface area contributed by atoms with Crippen LogP contribution in [0.3, 0.4) is 0 Å². The van der Waals surface area contributed by atoms with Crippen molar-refractivity contribution < 1.29 is 9.63 Å². The van der Waals surface area contributed by atoms with Crippen LogP contribution in [0.5, 0.6) is 0 Å². The lowest BCUT2D eigenvalue weighted by molar-refractivity contribution is -0.00998. The summed E-state index contributed by atoms with van der Waals surface area (Å²) in [5.41, 5.74) is 6.28. The molecule has 6 rings (SSSR count). The minimum atomic E-state index is -0.162. The van der Waals surface area contributed by atoms with E-state index in [1.807, 2.05) is 71.9 Å². The standard InChI is InChI=1S/C32H33BrN6O3/c1-18(2)13-24-16-34-39-28-17-37(31(40)23-9-12-27(33)19(3)14-23)20(4)15-26(28)32(41)38(30(24)39)25-10-7-22(8-11-25)29-35-21(5)42-36(29)6/h7-12,14,16,18,20H,5,13,15,17H2,1-4,6H3. The van der Waals surface area contributed by atoms with Crippen molar-refractivity contribution in [3.05, 3.63) is 109 Å². The Morgan fingerprint density at radius 1 is 1.19 bits per heavy atom. The number of amidine groups is 1. The number of rotatable bonds is 5. The van der Waals surface area contributed by atoms with Gasteiger partial charge in [-0.1, -0.05) is 29.8 Å². The molecule has 0 fully saturated rings. The Labute approximate surface area is 252 Å². The molecule has 42 heavy (non-hydrogen) atoms. The SMILES string of the molecule is C=C1N=C(c2ccc(-n3c(=O)c4c(n5ncc(CC(C)C)c35)CN(C(=O)c3ccc(Br)c(C)c3)C(C)C4)cc2)N(C)O1. The number of aryl methyl sites for hydroxylation is 1. The zero-order valence-corrected chi connectivity index (χ0v) is 26.0. The Balaban J connectivity index is 1.47. The van der Waals surface area contributed by atoms with Gasteiger partial charge in [-0.15, -0.1) is 0 Å². The number of amides is 1. The number of hydrogen-bond donors (Lipinski definition) is 0. The monoisotopic (exact) mass is 628 g/mol. The van der Waals surface area contributed by atoms with Gasteiger partial charge in [-0.2, -0.15) is 15.2 Å². The summed E-state index contributed by atoms with van der Waals surface area (Å²) in [6.07, 6.45) is 3.05. The van der Waals surface area contributed by atoms with Crippen LogP contribution in [0.2, 0.25) is 0 Å². The quantitative estimate of drug-likeness (QED) is 0.294. The fourth-order valence-corrected chi connectivity index (χ4v) is 6.09. The Hall–Kier alpha value is -4.18. The van der Waals surface area contributed by atoms with Gasteiger partial charge in [0.05, 0.1) is 24.1 Å². The zero-order valence-electron chi connectivity index (χ0n) is 24.4. The number of carbonyl (C=O) groups excluding carboxylic acids is 1. The second-order valence-electron chi connectivity index (χ2n) is 11.5. The van der Waals surface area contributed by atoms with E-state index in [1.165, 1.54) is 0 Å². The smallest absolute Gasteiger partial charge is 0.261 e. The fraction of sp³-hybridized carbons (Fsp3) is 0.312. The molecule has 0 N–H and O–H groups in total. The van der Waals surface area contributed by atoms with E-state index in [2.05, 4.69) is 41.3 Å². The van der Waals surface area contributed by atoms with Crippen molar-refractivity contribution in [3.63, 3.8) is 0 Å². The molecule has 0 spiro atoms.